The van der Waals surface area contributed by atoms with Crippen LogP contribution in [0.25, 0.3) is 0 Å². The van der Waals surface area contributed by atoms with E-state index in [0.29, 0.717) is 60.5 Å². The van der Waals surface area contributed by atoms with Crippen molar-refractivity contribution in [2.75, 3.05) is 31.5 Å². The van der Waals surface area contributed by atoms with Crippen molar-refractivity contribution in [1.82, 2.24) is 19.8 Å². The Morgan fingerprint density at radius 1 is 1.20 bits per heavy atom. The molecule has 44 heavy (non-hydrogen) atoms. The minimum atomic E-state index is -0.624. The van der Waals surface area contributed by atoms with Gasteiger partial charge in [0.05, 0.1) is 17.3 Å². The number of piperidine rings is 1. The summed E-state index contributed by atoms with van der Waals surface area (Å²) in [5, 5.41) is 14.8. The van der Waals surface area contributed by atoms with Crippen molar-refractivity contribution in [3.63, 3.8) is 0 Å². The quantitative estimate of drug-likeness (QED) is 0.280. The van der Waals surface area contributed by atoms with Gasteiger partial charge >= 0.3 is 0 Å². The number of aliphatic hydroxyl groups excluding tert-OH is 1. The van der Waals surface area contributed by atoms with Crippen LogP contribution < -0.4 is 10.1 Å². The van der Waals surface area contributed by atoms with Crippen LogP contribution >= 0.6 is 11.6 Å². The van der Waals surface area contributed by atoms with Crippen molar-refractivity contribution in [3.05, 3.63) is 70.5 Å². The average molecular weight is 624 g/mol. The summed E-state index contributed by atoms with van der Waals surface area (Å²) in [4.78, 5) is 38.0. The molecule has 0 aliphatic carbocycles. The van der Waals surface area contributed by atoms with E-state index in [9.17, 15) is 14.7 Å². The number of nitrogens with zero attached hydrogens (tertiary/aromatic N) is 4. The lowest BCUT2D eigenvalue weighted by Crippen LogP contribution is -2.46. The SMILES string of the molecule is CC(C)(C)C(=O)N1CCC(Nc2cc(C(=O)CC[C@H](O)CN3CCc4c(ccc(OCc5cnco5)c4Cl)C3)ccn2)CC1. The summed E-state index contributed by atoms with van der Waals surface area (Å²) in [5.74, 6) is 2.06. The van der Waals surface area contributed by atoms with Crippen molar-refractivity contribution >= 4 is 29.1 Å². The Morgan fingerprint density at radius 3 is 2.73 bits per heavy atom. The molecule has 5 rings (SSSR count). The number of halogens is 1. The summed E-state index contributed by atoms with van der Waals surface area (Å²) in [7, 11) is 0. The van der Waals surface area contributed by atoms with Gasteiger partial charge in [-0.05, 0) is 55.0 Å². The zero-order valence-corrected chi connectivity index (χ0v) is 26.5. The molecule has 236 valence electrons. The molecule has 11 heteroatoms. The molecule has 2 aromatic heterocycles. The van der Waals surface area contributed by atoms with Crippen molar-refractivity contribution in [2.24, 2.45) is 5.41 Å². The molecule has 10 nitrogen and oxygen atoms in total. The van der Waals surface area contributed by atoms with Crippen LogP contribution in [0, 0.1) is 5.41 Å². The number of anilines is 1. The van der Waals surface area contributed by atoms with Gasteiger partial charge in [0.25, 0.3) is 0 Å². The molecule has 1 aromatic carbocycles. The number of rotatable bonds is 11. The molecule has 0 unspecified atom stereocenters. The fourth-order valence-corrected chi connectivity index (χ4v) is 6.14. The number of hydrogen-bond donors (Lipinski definition) is 2. The molecule has 1 amide bonds. The maximum atomic E-state index is 13.0. The summed E-state index contributed by atoms with van der Waals surface area (Å²) in [6.45, 7) is 9.43. The van der Waals surface area contributed by atoms with Gasteiger partial charge in [-0.3, -0.25) is 14.5 Å². The Kier molecular flexibility index (Phi) is 10.2. The van der Waals surface area contributed by atoms with E-state index in [4.69, 9.17) is 20.8 Å². The van der Waals surface area contributed by atoms with Crippen molar-refractivity contribution in [3.8, 4) is 5.75 Å². The lowest BCUT2D eigenvalue weighted by molar-refractivity contribution is -0.140. The smallest absolute Gasteiger partial charge is 0.227 e. The summed E-state index contributed by atoms with van der Waals surface area (Å²) >= 11 is 6.66. The van der Waals surface area contributed by atoms with Gasteiger partial charge in [-0.15, -0.1) is 0 Å². The predicted octanol–water partition coefficient (Wildman–Crippen LogP) is 5.13. The number of nitrogens with one attached hydrogen (secondary N) is 1. The molecule has 0 bridgehead atoms. The third-order valence-corrected chi connectivity index (χ3v) is 8.68. The number of amides is 1. The number of benzene rings is 1. The van der Waals surface area contributed by atoms with Crippen LogP contribution in [0.4, 0.5) is 5.82 Å². The number of fused-ring (bicyclic) bond motifs is 1. The molecule has 0 radical (unpaired) electrons. The highest BCUT2D eigenvalue weighted by Gasteiger charge is 2.30. The monoisotopic (exact) mass is 623 g/mol. The Balaban J connectivity index is 1.06. The molecular weight excluding hydrogens is 582 g/mol. The van der Waals surface area contributed by atoms with E-state index in [1.807, 2.05) is 37.8 Å². The van der Waals surface area contributed by atoms with Crippen LogP contribution in [0.3, 0.4) is 0 Å². The zero-order valence-electron chi connectivity index (χ0n) is 25.7. The largest absolute Gasteiger partial charge is 0.484 e. The molecule has 0 saturated carbocycles. The second-order valence-corrected chi connectivity index (χ2v) is 13.1. The summed E-state index contributed by atoms with van der Waals surface area (Å²) in [6.07, 6.45) is 7.04. The molecule has 0 spiro atoms. The molecule has 2 aliphatic rings. The first kappa shape index (κ1) is 31.9. The van der Waals surface area contributed by atoms with E-state index in [0.717, 1.165) is 36.9 Å². The third-order valence-electron chi connectivity index (χ3n) is 8.26. The number of pyridine rings is 1. The molecule has 2 N–H and O–H groups in total. The number of likely N-dealkylation sites (tertiary alicyclic amines) is 1. The number of aromatic nitrogens is 2. The topological polar surface area (TPSA) is 121 Å². The number of carbonyl (C=O) groups excluding carboxylic acids is 2. The van der Waals surface area contributed by atoms with Crippen LogP contribution in [0.5, 0.6) is 5.75 Å². The standard InChI is InChI=1S/C33H42ClN5O5/c1-33(2,3)32(42)39-14-9-24(10-15-39)37-30-16-22(8-12-36-30)28(41)6-5-25(40)19-38-13-11-27-23(18-38)4-7-29(31(27)34)43-20-26-17-35-21-44-26/h4,7-8,12,16-17,21,24-25,40H,5-6,9-11,13-15,18-20H2,1-3H3,(H,36,37)/t25-/m0/s1. The maximum Gasteiger partial charge on any atom is 0.227 e. The Hall–Kier alpha value is -3.47. The minimum absolute atomic E-state index is 0.0197. The number of oxazole rings is 1. The highest BCUT2D eigenvalue weighted by Crippen LogP contribution is 2.34. The van der Waals surface area contributed by atoms with E-state index in [-0.39, 0.29) is 36.2 Å². The summed E-state index contributed by atoms with van der Waals surface area (Å²) in [5.41, 5.74) is 2.38. The lowest BCUT2D eigenvalue weighted by atomic mass is 9.93. The summed E-state index contributed by atoms with van der Waals surface area (Å²) < 4.78 is 11.0. The van der Waals surface area contributed by atoms with E-state index in [1.165, 1.54) is 6.39 Å². The first-order valence-corrected chi connectivity index (χ1v) is 15.7. The highest BCUT2D eigenvalue weighted by molar-refractivity contribution is 6.33. The second kappa shape index (κ2) is 14.1. The fraction of sp³-hybridized carbons (Fsp3) is 0.515. The van der Waals surface area contributed by atoms with Crippen molar-refractivity contribution in [2.45, 2.75) is 78.2 Å². The van der Waals surface area contributed by atoms with Crippen LogP contribution in [0.15, 0.2) is 47.5 Å². The molecule has 1 fully saturated rings. The van der Waals surface area contributed by atoms with E-state index in [2.05, 4.69) is 20.2 Å². The average Bonchev–Trinajstić information content (AvgIpc) is 3.53. The molecule has 1 saturated heterocycles. The first-order valence-electron chi connectivity index (χ1n) is 15.3. The van der Waals surface area contributed by atoms with Gasteiger partial charge in [0.1, 0.15) is 18.2 Å². The van der Waals surface area contributed by atoms with Gasteiger partial charge in [0.2, 0.25) is 5.91 Å². The number of carbonyl (C=O) groups is 2. The first-order chi connectivity index (χ1) is 21.1. The van der Waals surface area contributed by atoms with Gasteiger partial charge in [-0.1, -0.05) is 38.4 Å². The van der Waals surface area contributed by atoms with Gasteiger partial charge in [-0.25, -0.2) is 9.97 Å². The van der Waals surface area contributed by atoms with Crippen LogP contribution in [-0.2, 0) is 24.4 Å². The van der Waals surface area contributed by atoms with Gasteiger partial charge in [0, 0.05) is 62.4 Å². The molecule has 3 aromatic rings. The lowest BCUT2D eigenvalue weighted by Gasteiger charge is -2.36. The van der Waals surface area contributed by atoms with E-state index in [1.54, 1.807) is 24.5 Å². The molecule has 4 heterocycles. The number of aliphatic hydroxyl groups is 1. The Morgan fingerprint density at radius 2 is 2.00 bits per heavy atom. The maximum absolute atomic E-state index is 13.0. The van der Waals surface area contributed by atoms with Gasteiger partial charge < -0.3 is 24.5 Å². The number of ether oxygens (including phenoxy) is 1. The fourth-order valence-electron chi connectivity index (χ4n) is 5.80. The second-order valence-electron chi connectivity index (χ2n) is 12.8. The van der Waals surface area contributed by atoms with Crippen LogP contribution in [0.2, 0.25) is 5.02 Å². The molecular formula is C33H42ClN5O5. The number of β-amino-alcohol motifs (C(OH)–C–C–N with tert-alkyl or cyclic N) is 1. The van der Waals surface area contributed by atoms with Gasteiger partial charge in [0.15, 0.2) is 17.9 Å². The number of Topliss-reactive ketones (excluding diaryl/α,β-unsaturated/α-hetero) is 1. The van der Waals surface area contributed by atoms with E-state index < -0.39 is 6.10 Å². The normalized spacial score (nSPS) is 16.8. The number of hydrogen-bond acceptors (Lipinski definition) is 9. The Labute approximate surface area is 263 Å². The van der Waals surface area contributed by atoms with E-state index >= 15 is 0 Å². The number of ketones is 1. The summed E-state index contributed by atoms with van der Waals surface area (Å²) in [6, 6.07) is 7.59. The highest BCUT2D eigenvalue weighted by atomic mass is 35.5. The minimum Gasteiger partial charge on any atom is -0.484 e. The zero-order chi connectivity index (χ0) is 31.3. The molecule has 1 atom stereocenters. The van der Waals surface area contributed by atoms with Crippen molar-refractivity contribution < 1.29 is 23.8 Å². The Bertz CT molecular complexity index is 1430. The van der Waals surface area contributed by atoms with Crippen molar-refractivity contribution in [1.29, 1.82) is 0 Å². The van der Waals surface area contributed by atoms with Crippen LogP contribution in [-0.4, -0.2) is 74.9 Å². The predicted molar refractivity (Wildman–Crippen MR) is 168 cm³/mol. The van der Waals surface area contributed by atoms with Crippen LogP contribution in [0.1, 0.15) is 73.7 Å². The third kappa shape index (κ3) is 8.16. The van der Waals surface area contributed by atoms with Gasteiger partial charge in [-0.2, -0.15) is 0 Å². The molecule has 2 aliphatic heterocycles.